The maximum atomic E-state index is 11.7. The van der Waals surface area contributed by atoms with Gasteiger partial charge in [-0.05, 0) is 12.1 Å². The van der Waals surface area contributed by atoms with Crippen LogP contribution in [0.1, 0.15) is 14.5 Å². The summed E-state index contributed by atoms with van der Waals surface area (Å²) in [5, 5.41) is 11.7. The van der Waals surface area contributed by atoms with Crippen LogP contribution in [0.4, 0.5) is 8.78 Å². The van der Waals surface area contributed by atoms with E-state index in [2.05, 4.69) is 10.1 Å². The van der Waals surface area contributed by atoms with Crippen molar-refractivity contribution < 1.29 is 23.4 Å². The lowest BCUT2D eigenvalue weighted by Crippen LogP contribution is -2.20. The van der Waals surface area contributed by atoms with E-state index in [1.807, 2.05) is 0 Å². The Balaban J connectivity index is 2.11. The third kappa shape index (κ3) is 5.71. The highest BCUT2D eigenvalue weighted by Gasteiger charge is 2.06. The highest BCUT2D eigenvalue weighted by molar-refractivity contribution is 7.13. The zero-order valence-corrected chi connectivity index (χ0v) is 9.80. The summed E-state index contributed by atoms with van der Waals surface area (Å²) in [5.74, 6) is -0.943. The van der Waals surface area contributed by atoms with Crippen molar-refractivity contribution in [3.05, 3.63) is 21.9 Å². The summed E-state index contributed by atoms with van der Waals surface area (Å²) in [6.07, 6.45) is -2.44. The van der Waals surface area contributed by atoms with E-state index in [-0.39, 0.29) is 11.5 Å². The zero-order chi connectivity index (χ0) is 12.7. The monoisotopic (exact) mass is 265 g/mol. The minimum Gasteiger partial charge on any atom is -0.477 e. The molecule has 0 aliphatic carbocycles. The number of nitrogens with one attached hydrogen (secondary N) is 1. The first-order valence-corrected chi connectivity index (χ1v) is 5.80. The second kappa shape index (κ2) is 7.31. The number of rotatable bonds is 8. The van der Waals surface area contributed by atoms with Crippen LogP contribution in [-0.4, -0.2) is 37.3 Å². The predicted octanol–water partition coefficient (Wildman–Crippen LogP) is 1.82. The molecule has 0 radical (unpaired) electrons. The number of hydrogen-bond donors (Lipinski definition) is 2. The van der Waals surface area contributed by atoms with Crippen LogP contribution in [0.25, 0.3) is 0 Å². The topological polar surface area (TPSA) is 58.6 Å². The van der Waals surface area contributed by atoms with Crippen LogP contribution >= 0.6 is 11.3 Å². The molecule has 0 fully saturated rings. The van der Waals surface area contributed by atoms with Crippen LogP contribution in [0.15, 0.2) is 12.1 Å². The molecule has 96 valence electrons. The van der Waals surface area contributed by atoms with Crippen LogP contribution in [-0.2, 0) is 11.3 Å². The number of carboxylic acids is 1. The minimum atomic E-state index is -2.44. The summed E-state index contributed by atoms with van der Waals surface area (Å²) in [6.45, 7) is 0.619. The molecule has 4 nitrogen and oxygen atoms in total. The Kier molecular flexibility index (Phi) is 6.03. The summed E-state index contributed by atoms with van der Waals surface area (Å²) in [5.41, 5.74) is 0. The molecular weight excluding hydrogens is 252 g/mol. The number of carbonyl (C=O) groups is 1. The van der Waals surface area contributed by atoms with Crippen molar-refractivity contribution in [1.29, 1.82) is 0 Å². The van der Waals surface area contributed by atoms with Crippen molar-refractivity contribution >= 4 is 17.3 Å². The summed E-state index contributed by atoms with van der Waals surface area (Å²) < 4.78 is 28.0. The predicted molar refractivity (Wildman–Crippen MR) is 59.8 cm³/mol. The molecule has 0 unspecified atom stereocenters. The molecule has 0 saturated heterocycles. The van der Waals surface area contributed by atoms with Gasteiger partial charge in [0.2, 0.25) is 0 Å². The summed E-state index contributed by atoms with van der Waals surface area (Å²) in [7, 11) is 0. The molecular formula is C10H13F2NO3S. The van der Waals surface area contributed by atoms with Crippen LogP contribution in [0.5, 0.6) is 0 Å². The lowest BCUT2D eigenvalue weighted by molar-refractivity contribution is 0.0187. The first kappa shape index (κ1) is 14.0. The number of hydrogen-bond acceptors (Lipinski definition) is 4. The Bertz CT molecular complexity index is 357. The number of halogens is 2. The number of thiophene rings is 1. The van der Waals surface area contributed by atoms with Gasteiger partial charge in [0.1, 0.15) is 11.5 Å². The van der Waals surface area contributed by atoms with E-state index in [0.29, 0.717) is 13.1 Å². The van der Waals surface area contributed by atoms with Gasteiger partial charge in [-0.3, -0.25) is 0 Å². The molecule has 1 aromatic rings. The van der Waals surface area contributed by atoms with Crippen molar-refractivity contribution in [2.24, 2.45) is 0 Å². The SMILES string of the molecule is O=C(O)c1ccc(CNCCOCC(F)F)s1. The van der Waals surface area contributed by atoms with Crippen LogP contribution in [0.2, 0.25) is 0 Å². The highest BCUT2D eigenvalue weighted by atomic mass is 32.1. The van der Waals surface area contributed by atoms with Crippen molar-refractivity contribution in [3.8, 4) is 0 Å². The normalized spacial score (nSPS) is 11.0. The van der Waals surface area contributed by atoms with Gasteiger partial charge < -0.3 is 15.2 Å². The zero-order valence-electron chi connectivity index (χ0n) is 8.99. The lowest BCUT2D eigenvalue weighted by atomic mass is 10.4. The van der Waals surface area contributed by atoms with E-state index in [1.165, 1.54) is 17.4 Å². The van der Waals surface area contributed by atoms with Gasteiger partial charge in [0.25, 0.3) is 6.43 Å². The van der Waals surface area contributed by atoms with Crippen molar-refractivity contribution in [1.82, 2.24) is 5.32 Å². The molecule has 0 spiro atoms. The average molecular weight is 265 g/mol. The molecule has 0 amide bonds. The van der Waals surface area contributed by atoms with Gasteiger partial charge in [-0.15, -0.1) is 11.3 Å². The Morgan fingerprint density at radius 2 is 2.29 bits per heavy atom. The first-order chi connectivity index (χ1) is 8.09. The second-order valence-electron chi connectivity index (χ2n) is 3.21. The molecule has 0 atom stereocenters. The standard InChI is InChI=1S/C10H13F2NO3S/c11-9(12)6-16-4-3-13-5-7-1-2-8(17-7)10(14)15/h1-2,9,13H,3-6H2,(H,14,15). The molecule has 0 bridgehead atoms. The minimum absolute atomic E-state index is 0.210. The van der Waals surface area contributed by atoms with Crippen LogP contribution in [0, 0.1) is 0 Å². The maximum Gasteiger partial charge on any atom is 0.345 e. The van der Waals surface area contributed by atoms with E-state index < -0.39 is 19.0 Å². The van der Waals surface area contributed by atoms with Gasteiger partial charge in [-0.1, -0.05) is 0 Å². The van der Waals surface area contributed by atoms with Gasteiger partial charge in [0, 0.05) is 18.0 Å². The molecule has 17 heavy (non-hydrogen) atoms. The van der Waals surface area contributed by atoms with E-state index in [4.69, 9.17) is 5.11 Å². The van der Waals surface area contributed by atoms with Gasteiger partial charge in [-0.25, -0.2) is 13.6 Å². The number of ether oxygens (including phenoxy) is 1. The summed E-state index contributed by atoms with van der Waals surface area (Å²) in [6, 6.07) is 3.26. The molecule has 0 saturated carbocycles. The molecule has 1 rings (SSSR count). The van der Waals surface area contributed by atoms with Gasteiger partial charge in [-0.2, -0.15) is 0 Å². The fraction of sp³-hybridized carbons (Fsp3) is 0.500. The largest absolute Gasteiger partial charge is 0.477 e. The first-order valence-electron chi connectivity index (χ1n) is 4.98. The smallest absolute Gasteiger partial charge is 0.345 e. The van der Waals surface area contributed by atoms with Crippen LogP contribution < -0.4 is 5.32 Å². The maximum absolute atomic E-state index is 11.7. The van der Waals surface area contributed by atoms with E-state index in [1.54, 1.807) is 6.07 Å². The molecule has 0 aliphatic rings. The fourth-order valence-corrected chi connectivity index (χ4v) is 1.93. The number of carboxylic acid groups (broad SMARTS) is 1. The lowest BCUT2D eigenvalue weighted by Gasteiger charge is -2.04. The average Bonchev–Trinajstić information content (AvgIpc) is 2.71. The Labute approximate surface area is 101 Å². The molecule has 0 aliphatic heterocycles. The molecule has 0 aromatic carbocycles. The van der Waals surface area contributed by atoms with E-state index in [0.717, 1.165) is 4.88 Å². The Hall–Kier alpha value is -1.05. The van der Waals surface area contributed by atoms with Crippen molar-refractivity contribution in [2.75, 3.05) is 19.8 Å². The van der Waals surface area contributed by atoms with Gasteiger partial charge in [0.15, 0.2) is 0 Å². The van der Waals surface area contributed by atoms with E-state index >= 15 is 0 Å². The van der Waals surface area contributed by atoms with E-state index in [9.17, 15) is 13.6 Å². The fourth-order valence-electron chi connectivity index (χ4n) is 1.12. The Morgan fingerprint density at radius 1 is 1.53 bits per heavy atom. The third-order valence-electron chi connectivity index (χ3n) is 1.84. The number of alkyl halides is 2. The van der Waals surface area contributed by atoms with Gasteiger partial charge >= 0.3 is 5.97 Å². The highest BCUT2D eigenvalue weighted by Crippen LogP contribution is 2.15. The van der Waals surface area contributed by atoms with Crippen LogP contribution in [0.3, 0.4) is 0 Å². The summed E-state index contributed by atoms with van der Waals surface area (Å²) >= 11 is 1.19. The van der Waals surface area contributed by atoms with Crippen molar-refractivity contribution in [2.45, 2.75) is 13.0 Å². The second-order valence-corrected chi connectivity index (χ2v) is 4.38. The molecule has 7 heteroatoms. The van der Waals surface area contributed by atoms with Crippen molar-refractivity contribution in [3.63, 3.8) is 0 Å². The number of aromatic carboxylic acids is 1. The third-order valence-corrected chi connectivity index (χ3v) is 2.91. The van der Waals surface area contributed by atoms with Gasteiger partial charge in [0.05, 0.1) is 6.61 Å². The summed E-state index contributed by atoms with van der Waals surface area (Å²) in [4.78, 5) is 11.8. The molecule has 1 aromatic heterocycles. The molecule has 2 N–H and O–H groups in total. The Morgan fingerprint density at radius 3 is 2.88 bits per heavy atom. The quantitative estimate of drug-likeness (QED) is 0.704. The molecule has 1 heterocycles.